The molecule has 0 aliphatic rings. The largest absolute Gasteiger partial charge is 0.491 e. The number of aliphatic hydroxyl groups is 1. The molecule has 0 saturated heterocycles. The predicted molar refractivity (Wildman–Crippen MR) is 82.7 cm³/mol. The van der Waals surface area contributed by atoms with Crippen LogP contribution in [0.5, 0.6) is 5.75 Å². The molecular formula is C16H21N3O3. The molecule has 6 nitrogen and oxygen atoms in total. The summed E-state index contributed by atoms with van der Waals surface area (Å²) in [6, 6.07) is 7.59. The first-order valence-electron chi connectivity index (χ1n) is 7.16. The Kier molecular flexibility index (Phi) is 5.55. The molecule has 0 spiro atoms. The number of hydrogen-bond acceptors (Lipinski definition) is 4. The van der Waals surface area contributed by atoms with E-state index in [4.69, 9.17) is 4.74 Å². The molecule has 1 heterocycles. The number of ether oxygens (including phenoxy) is 1. The van der Waals surface area contributed by atoms with Gasteiger partial charge in [-0.3, -0.25) is 9.48 Å². The number of aromatic nitrogens is 2. The third-order valence-electron chi connectivity index (χ3n) is 3.03. The molecule has 0 saturated carbocycles. The molecule has 1 atom stereocenters. The van der Waals surface area contributed by atoms with E-state index in [9.17, 15) is 9.90 Å². The Morgan fingerprint density at radius 2 is 2.23 bits per heavy atom. The van der Waals surface area contributed by atoms with Crippen molar-refractivity contribution < 1.29 is 14.6 Å². The number of aliphatic hydroxyl groups excluding tert-OH is 1. The molecule has 0 fully saturated rings. The third-order valence-corrected chi connectivity index (χ3v) is 3.03. The van der Waals surface area contributed by atoms with Crippen molar-refractivity contribution in [1.29, 1.82) is 0 Å². The van der Waals surface area contributed by atoms with Gasteiger partial charge in [0.15, 0.2) is 0 Å². The molecule has 118 valence electrons. The molecule has 0 radical (unpaired) electrons. The minimum Gasteiger partial charge on any atom is -0.491 e. The van der Waals surface area contributed by atoms with E-state index in [2.05, 4.69) is 10.4 Å². The van der Waals surface area contributed by atoms with Crippen LogP contribution in [0.1, 0.15) is 11.1 Å². The van der Waals surface area contributed by atoms with Gasteiger partial charge >= 0.3 is 0 Å². The number of nitrogens with one attached hydrogen (secondary N) is 1. The number of nitrogens with zero attached hydrogens (tertiary/aromatic N) is 2. The van der Waals surface area contributed by atoms with Crippen molar-refractivity contribution in [2.45, 2.75) is 26.5 Å². The van der Waals surface area contributed by atoms with E-state index < -0.39 is 6.10 Å². The van der Waals surface area contributed by atoms with Crippen LogP contribution in [0.15, 0.2) is 36.7 Å². The molecule has 1 aromatic heterocycles. The highest BCUT2D eigenvalue weighted by Gasteiger charge is 2.09. The van der Waals surface area contributed by atoms with Gasteiger partial charge in [0, 0.05) is 12.7 Å². The summed E-state index contributed by atoms with van der Waals surface area (Å²) in [5.41, 5.74) is 2.09. The first-order valence-corrected chi connectivity index (χ1v) is 7.16. The fraction of sp³-hybridized carbons (Fsp3) is 0.375. The van der Waals surface area contributed by atoms with Crippen molar-refractivity contribution in [2.75, 3.05) is 13.2 Å². The van der Waals surface area contributed by atoms with Crippen molar-refractivity contribution in [3.63, 3.8) is 0 Å². The maximum atomic E-state index is 11.7. The first-order chi connectivity index (χ1) is 10.5. The van der Waals surface area contributed by atoms with E-state index in [0.29, 0.717) is 5.75 Å². The number of benzene rings is 1. The smallest absolute Gasteiger partial charge is 0.241 e. The van der Waals surface area contributed by atoms with Gasteiger partial charge in [-0.15, -0.1) is 0 Å². The molecule has 0 unspecified atom stereocenters. The lowest BCUT2D eigenvalue weighted by Crippen LogP contribution is -2.37. The lowest BCUT2D eigenvalue weighted by molar-refractivity contribution is -0.122. The Morgan fingerprint density at radius 1 is 1.41 bits per heavy atom. The van der Waals surface area contributed by atoms with Gasteiger partial charge in [-0.2, -0.15) is 5.10 Å². The lowest BCUT2D eigenvalue weighted by atomic mass is 10.2. The Balaban J connectivity index is 1.68. The highest BCUT2D eigenvalue weighted by molar-refractivity contribution is 5.75. The second kappa shape index (κ2) is 7.61. The minimum absolute atomic E-state index is 0.130. The number of hydrogen-bond donors (Lipinski definition) is 2. The second-order valence-corrected chi connectivity index (χ2v) is 5.30. The Labute approximate surface area is 129 Å². The molecule has 0 aliphatic carbocycles. The highest BCUT2D eigenvalue weighted by Crippen LogP contribution is 2.12. The van der Waals surface area contributed by atoms with Gasteiger partial charge in [-0.05, 0) is 37.1 Å². The van der Waals surface area contributed by atoms with Gasteiger partial charge in [0.1, 0.15) is 25.0 Å². The number of amides is 1. The van der Waals surface area contributed by atoms with Gasteiger partial charge < -0.3 is 15.2 Å². The van der Waals surface area contributed by atoms with E-state index >= 15 is 0 Å². The van der Waals surface area contributed by atoms with Gasteiger partial charge in [0.2, 0.25) is 5.91 Å². The van der Waals surface area contributed by atoms with E-state index in [-0.39, 0.29) is 25.6 Å². The number of carbonyl (C=O) groups is 1. The molecule has 1 amide bonds. The number of rotatable bonds is 7. The number of carbonyl (C=O) groups excluding carboxylic acids is 1. The summed E-state index contributed by atoms with van der Waals surface area (Å²) in [5.74, 6) is 0.509. The van der Waals surface area contributed by atoms with Gasteiger partial charge in [0.25, 0.3) is 0 Å². The maximum absolute atomic E-state index is 11.7. The third kappa shape index (κ3) is 5.21. The summed E-state index contributed by atoms with van der Waals surface area (Å²) in [4.78, 5) is 11.7. The zero-order chi connectivity index (χ0) is 15.9. The van der Waals surface area contributed by atoms with E-state index in [1.165, 1.54) is 0 Å². The van der Waals surface area contributed by atoms with Crippen LogP contribution in [0, 0.1) is 13.8 Å². The Hall–Kier alpha value is -2.34. The molecule has 1 aromatic carbocycles. The quantitative estimate of drug-likeness (QED) is 0.802. The van der Waals surface area contributed by atoms with Gasteiger partial charge in [-0.1, -0.05) is 12.1 Å². The number of aryl methyl sites for hydroxylation is 2. The van der Waals surface area contributed by atoms with Crippen LogP contribution in [0.4, 0.5) is 0 Å². The standard InChI is InChI=1S/C16H21N3O3/c1-12-4-3-5-15(6-12)22-11-14(20)8-17-16(21)10-19-9-13(2)7-18-19/h3-7,9,14,20H,8,10-11H2,1-2H3,(H,17,21)/t14-/m1/s1. The summed E-state index contributed by atoms with van der Waals surface area (Å²) in [6.45, 7) is 4.29. The molecule has 22 heavy (non-hydrogen) atoms. The van der Waals surface area contributed by atoms with E-state index in [1.54, 1.807) is 17.1 Å². The fourth-order valence-electron chi connectivity index (χ4n) is 1.94. The molecule has 2 aromatic rings. The predicted octanol–water partition coefficient (Wildman–Crippen LogP) is 1.06. The zero-order valence-electron chi connectivity index (χ0n) is 12.8. The maximum Gasteiger partial charge on any atom is 0.241 e. The second-order valence-electron chi connectivity index (χ2n) is 5.30. The van der Waals surface area contributed by atoms with Crippen LogP contribution in [0.25, 0.3) is 0 Å². The summed E-state index contributed by atoms with van der Waals surface area (Å²) in [5, 5.41) is 16.5. The summed E-state index contributed by atoms with van der Waals surface area (Å²) < 4.78 is 7.04. The highest BCUT2D eigenvalue weighted by atomic mass is 16.5. The van der Waals surface area contributed by atoms with Crippen molar-refractivity contribution >= 4 is 5.91 Å². The van der Waals surface area contributed by atoms with Crippen molar-refractivity contribution in [3.05, 3.63) is 47.8 Å². The van der Waals surface area contributed by atoms with Crippen molar-refractivity contribution in [1.82, 2.24) is 15.1 Å². The molecule has 2 N–H and O–H groups in total. The average Bonchev–Trinajstić information content (AvgIpc) is 2.88. The van der Waals surface area contributed by atoms with Crippen molar-refractivity contribution in [3.8, 4) is 5.75 Å². The molecule has 0 bridgehead atoms. The summed E-state index contributed by atoms with van der Waals surface area (Å²) in [6.07, 6.45) is 2.72. The Bertz CT molecular complexity index is 625. The van der Waals surface area contributed by atoms with E-state index in [1.807, 2.05) is 38.1 Å². The van der Waals surface area contributed by atoms with Crippen LogP contribution in [0.3, 0.4) is 0 Å². The van der Waals surface area contributed by atoms with Gasteiger partial charge in [0.05, 0.1) is 6.20 Å². The van der Waals surface area contributed by atoms with Gasteiger partial charge in [-0.25, -0.2) is 0 Å². The normalized spacial score (nSPS) is 12.0. The molecular weight excluding hydrogens is 282 g/mol. The molecule has 6 heteroatoms. The molecule has 2 rings (SSSR count). The summed E-state index contributed by atoms with van der Waals surface area (Å²) in [7, 11) is 0. The topological polar surface area (TPSA) is 76.4 Å². The van der Waals surface area contributed by atoms with Crippen LogP contribution in [-0.4, -0.2) is 40.0 Å². The van der Waals surface area contributed by atoms with Crippen LogP contribution in [0.2, 0.25) is 0 Å². The van der Waals surface area contributed by atoms with E-state index in [0.717, 1.165) is 11.1 Å². The average molecular weight is 303 g/mol. The van der Waals surface area contributed by atoms with Crippen LogP contribution in [-0.2, 0) is 11.3 Å². The fourth-order valence-corrected chi connectivity index (χ4v) is 1.94. The SMILES string of the molecule is Cc1cccc(OC[C@H](O)CNC(=O)Cn2cc(C)cn2)c1. The minimum atomic E-state index is -0.760. The molecule has 0 aliphatic heterocycles. The van der Waals surface area contributed by atoms with Crippen LogP contribution >= 0.6 is 0 Å². The first kappa shape index (κ1) is 16.0. The Morgan fingerprint density at radius 3 is 2.91 bits per heavy atom. The zero-order valence-corrected chi connectivity index (χ0v) is 12.8. The summed E-state index contributed by atoms with van der Waals surface area (Å²) >= 11 is 0. The van der Waals surface area contributed by atoms with Crippen molar-refractivity contribution in [2.24, 2.45) is 0 Å². The van der Waals surface area contributed by atoms with Crippen LogP contribution < -0.4 is 10.1 Å². The lowest BCUT2D eigenvalue weighted by Gasteiger charge is -2.13. The monoisotopic (exact) mass is 303 g/mol.